The van der Waals surface area contributed by atoms with Crippen LogP contribution in [0.4, 0.5) is 0 Å². The molecule has 2 aromatic carbocycles. The Morgan fingerprint density at radius 1 is 1.00 bits per heavy atom. The summed E-state index contributed by atoms with van der Waals surface area (Å²) in [4.78, 5) is 10.0. The number of rotatable bonds is 6. The lowest BCUT2D eigenvalue weighted by atomic mass is 10.2. The predicted octanol–water partition coefficient (Wildman–Crippen LogP) is 3.30. The van der Waals surface area contributed by atoms with Crippen LogP contribution in [0.3, 0.4) is 0 Å². The van der Waals surface area contributed by atoms with E-state index in [4.69, 9.17) is 9.94 Å². The first-order chi connectivity index (χ1) is 9.28. The van der Waals surface area contributed by atoms with E-state index >= 15 is 0 Å². The highest BCUT2D eigenvalue weighted by Crippen LogP contribution is 2.15. The number of hydrogen-bond donors (Lipinski definition) is 2. The van der Waals surface area contributed by atoms with E-state index in [1.807, 2.05) is 30.3 Å². The molecule has 2 aromatic rings. The first-order valence-electron chi connectivity index (χ1n) is 5.83. The van der Waals surface area contributed by atoms with Crippen molar-refractivity contribution in [2.75, 3.05) is 0 Å². The van der Waals surface area contributed by atoms with Crippen molar-refractivity contribution in [1.29, 1.82) is 0 Å². The molecule has 0 saturated carbocycles. The maximum absolute atomic E-state index is 10.0. The van der Waals surface area contributed by atoms with Crippen LogP contribution < -0.4 is 10.9 Å². The summed E-state index contributed by atoms with van der Waals surface area (Å²) in [6, 6.07) is 17.0. The second-order valence-corrected chi connectivity index (χ2v) is 4.03. The fourth-order valence-electron chi connectivity index (χ4n) is 1.62. The molecule has 0 aliphatic rings. The van der Waals surface area contributed by atoms with Gasteiger partial charge in [-0.1, -0.05) is 42.5 Å². The molecule has 0 aromatic heterocycles. The number of nitroso groups, excluding NO2 is 1. The Labute approximate surface area is 117 Å². The highest BCUT2D eigenvalue weighted by Gasteiger charge is 2.01. The maximum Gasteiger partial charge on any atom is 0.119 e. The highest BCUT2D eigenvalue weighted by atomic mass is 16.6. The molecule has 6 heteroatoms. The molecule has 106 valence electrons. The van der Waals surface area contributed by atoms with Gasteiger partial charge in [-0.3, -0.25) is 5.21 Å². The van der Waals surface area contributed by atoms with Crippen molar-refractivity contribution in [3.05, 3.63) is 70.6 Å². The third-order valence-corrected chi connectivity index (χ3v) is 2.59. The molecule has 0 aliphatic carbocycles. The summed E-state index contributed by atoms with van der Waals surface area (Å²) in [6.45, 7) is 0.560. The molecule has 0 fully saturated rings. The molecular formula is C14H17N3O3. The average Bonchev–Trinajstić information content (AvgIpc) is 2.47. The zero-order chi connectivity index (χ0) is 13.5. The lowest BCUT2D eigenvalue weighted by molar-refractivity contribution is -0.100. The van der Waals surface area contributed by atoms with Gasteiger partial charge in [0.15, 0.2) is 0 Å². The van der Waals surface area contributed by atoms with Gasteiger partial charge in [-0.15, -0.1) is 10.1 Å². The fraction of sp³-hybridized carbons (Fsp3) is 0.143. The standard InChI is InChI=1S/C14H14N2O3.H3N/c17-15-16(18)10-12-6-8-14(9-7-12)19-11-13-4-2-1-3-5-13;/h1-9,18H,10-11H2;1H3. The van der Waals surface area contributed by atoms with Crippen LogP contribution in [0.1, 0.15) is 11.1 Å². The van der Waals surface area contributed by atoms with E-state index in [-0.39, 0.29) is 12.7 Å². The molecule has 0 atom stereocenters. The van der Waals surface area contributed by atoms with Gasteiger partial charge in [0.1, 0.15) is 12.4 Å². The summed E-state index contributed by atoms with van der Waals surface area (Å²) < 4.78 is 5.62. The Hall–Kier alpha value is -2.44. The van der Waals surface area contributed by atoms with E-state index in [0.717, 1.165) is 16.9 Å². The minimum Gasteiger partial charge on any atom is -0.489 e. The first-order valence-corrected chi connectivity index (χ1v) is 5.83. The number of hydroxylamine groups is 1. The van der Waals surface area contributed by atoms with Crippen LogP contribution in [-0.4, -0.2) is 10.4 Å². The number of ether oxygens (including phenoxy) is 1. The van der Waals surface area contributed by atoms with Gasteiger partial charge in [0.2, 0.25) is 0 Å². The van der Waals surface area contributed by atoms with Crippen molar-refractivity contribution in [3.63, 3.8) is 0 Å². The van der Waals surface area contributed by atoms with Crippen LogP contribution in [0.15, 0.2) is 59.9 Å². The molecule has 6 nitrogen and oxygen atoms in total. The minimum absolute atomic E-state index is 0. The van der Waals surface area contributed by atoms with Crippen molar-refractivity contribution < 1.29 is 9.94 Å². The smallest absolute Gasteiger partial charge is 0.119 e. The average molecular weight is 275 g/mol. The van der Waals surface area contributed by atoms with E-state index < -0.39 is 0 Å². The Balaban J connectivity index is 0.00000200. The van der Waals surface area contributed by atoms with Crippen LogP contribution in [0.25, 0.3) is 0 Å². The number of benzene rings is 2. The largest absolute Gasteiger partial charge is 0.489 e. The predicted molar refractivity (Wildman–Crippen MR) is 75.4 cm³/mol. The molecule has 0 saturated heterocycles. The third-order valence-electron chi connectivity index (χ3n) is 2.59. The quantitative estimate of drug-likeness (QED) is 0.622. The van der Waals surface area contributed by atoms with E-state index in [2.05, 4.69) is 5.29 Å². The monoisotopic (exact) mass is 275 g/mol. The minimum atomic E-state index is 0. The van der Waals surface area contributed by atoms with Crippen LogP contribution in [0.5, 0.6) is 5.75 Å². The van der Waals surface area contributed by atoms with Crippen LogP contribution in [-0.2, 0) is 13.2 Å². The van der Waals surface area contributed by atoms with Crippen LogP contribution >= 0.6 is 0 Å². The third kappa shape index (κ3) is 4.68. The van der Waals surface area contributed by atoms with Gasteiger partial charge in [-0.05, 0) is 23.3 Å². The zero-order valence-electron chi connectivity index (χ0n) is 11.0. The van der Waals surface area contributed by atoms with Gasteiger partial charge in [-0.2, -0.15) is 0 Å². The molecule has 0 heterocycles. The van der Waals surface area contributed by atoms with Crippen LogP contribution in [0, 0.1) is 4.91 Å². The van der Waals surface area contributed by atoms with Crippen molar-refractivity contribution in [2.24, 2.45) is 5.29 Å². The maximum atomic E-state index is 10.0. The molecule has 0 aliphatic heterocycles. The van der Waals surface area contributed by atoms with Crippen molar-refractivity contribution in [2.45, 2.75) is 13.2 Å². The van der Waals surface area contributed by atoms with Gasteiger partial charge in [0.25, 0.3) is 0 Å². The van der Waals surface area contributed by atoms with Crippen molar-refractivity contribution >= 4 is 0 Å². The molecule has 0 unspecified atom stereocenters. The van der Waals surface area contributed by atoms with E-state index in [9.17, 15) is 4.91 Å². The van der Waals surface area contributed by atoms with Gasteiger partial charge in [-0.25, -0.2) is 0 Å². The molecule has 0 amide bonds. The molecule has 0 spiro atoms. The second-order valence-electron chi connectivity index (χ2n) is 4.03. The summed E-state index contributed by atoms with van der Waals surface area (Å²) >= 11 is 0. The van der Waals surface area contributed by atoms with Crippen molar-refractivity contribution in [1.82, 2.24) is 11.3 Å². The van der Waals surface area contributed by atoms with Gasteiger partial charge in [0.05, 0.1) is 11.8 Å². The summed E-state index contributed by atoms with van der Waals surface area (Å²) in [7, 11) is 0. The summed E-state index contributed by atoms with van der Waals surface area (Å²) in [5.74, 6) is 0.733. The van der Waals surface area contributed by atoms with Crippen LogP contribution in [0.2, 0.25) is 0 Å². The molecule has 4 N–H and O–H groups in total. The SMILES string of the molecule is N.O=NN(O)Cc1ccc(OCc2ccccc2)cc1. The molecule has 0 radical (unpaired) electrons. The van der Waals surface area contributed by atoms with Gasteiger partial charge in [0, 0.05) is 0 Å². The first kappa shape index (κ1) is 15.6. The molecule has 2 rings (SSSR count). The fourth-order valence-corrected chi connectivity index (χ4v) is 1.62. The number of nitrogens with zero attached hydrogens (tertiary/aromatic N) is 2. The Morgan fingerprint density at radius 3 is 2.25 bits per heavy atom. The molecule has 20 heavy (non-hydrogen) atoms. The molecular weight excluding hydrogens is 258 g/mol. The Kier molecular flexibility index (Phi) is 6.15. The Bertz CT molecular complexity index is 517. The normalized spacial score (nSPS) is 9.45. The number of hydrogen-bond acceptors (Lipinski definition) is 5. The van der Waals surface area contributed by atoms with Gasteiger partial charge < -0.3 is 10.9 Å². The lowest BCUT2D eigenvalue weighted by Crippen LogP contribution is -2.09. The van der Waals surface area contributed by atoms with E-state index in [1.165, 1.54) is 0 Å². The van der Waals surface area contributed by atoms with Crippen molar-refractivity contribution in [3.8, 4) is 5.75 Å². The van der Waals surface area contributed by atoms with E-state index in [0.29, 0.717) is 11.8 Å². The summed E-state index contributed by atoms with van der Waals surface area (Å²) in [5.41, 5.74) is 1.87. The zero-order valence-corrected chi connectivity index (χ0v) is 11.0. The topological polar surface area (TPSA) is 97.1 Å². The second kappa shape index (κ2) is 7.88. The lowest BCUT2D eigenvalue weighted by Gasteiger charge is -2.09. The van der Waals surface area contributed by atoms with E-state index in [1.54, 1.807) is 24.3 Å². The molecule has 0 bridgehead atoms. The van der Waals surface area contributed by atoms with Gasteiger partial charge >= 0.3 is 0 Å². The summed E-state index contributed by atoms with van der Waals surface area (Å²) in [5, 5.41) is 11.7. The highest BCUT2D eigenvalue weighted by molar-refractivity contribution is 5.27. The Morgan fingerprint density at radius 2 is 1.65 bits per heavy atom. The summed E-state index contributed by atoms with van der Waals surface area (Å²) in [6.07, 6.45) is 0.